The Kier molecular flexibility index (Phi) is 5.67. The number of rotatable bonds is 5. The van der Waals surface area contributed by atoms with Crippen molar-refractivity contribution in [3.8, 4) is 0 Å². The van der Waals surface area contributed by atoms with Crippen LogP contribution in [0.25, 0.3) is 0 Å². The van der Waals surface area contributed by atoms with Gasteiger partial charge in [-0.15, -0.1) is 0 Å². The molecule has 1 saturated carbocycles. The van der Waals surface area contributed by atoms with Crippen LogP contribution >= 0.6 is 0 Å². The fourth-order valence-electron chi connectivity index (χ4n) is 3.03. The summed E-state index contributed by atoms with van der Waals surface area (Å²) in [5.74, 6) is -2.47. The van der Waals surface area contributed by atoms with Gasteiger partial charge in [-0.2, -0.15) is 0 Å². The fourth-order valence-corrected chi connectivity index (χ4v) is 3.03. The molecular weight excluding hydrogens is 276 g/mol. The van der Waals surface area contributed by atoms with Gasteiger partial charge >= 0.3 is 0 Å². The minimum Gasteiger partial charge on any atom is -0.396 e. The van der Waals surface area contributed by atoms with Crippen LogP contribution in [-0.4, -0.2) is 23.7 Å². The summed E-state index contributed by atoms with van der Waals surface area (Å²) in [7, 11) is 0. The molecule has 0 heterocycles. The van der Waals surface area contributed by atoms with Gasteiger partial charge in [0.15, 0.2) is 11.6 Å². The number of halogens is 2. The highest BCUT2D eigenvalue weighted by Gasteiger charge is 2.26. The highest BCUT2D eigenvalue weighted by Crippen LogP contribution is 2.28. The number of hydrogen-bond acceptors (Lipinski definition) is 2. The van der Waals surface area contributed by atoms with Crippen molar-refractivity contribution in [3.05, 3.63) is 35.4 Å². The van der Waals surface area contributed by atoms with Crippen molar-refractivity contribution in [1.82, 2.24) is 5.32 Å². The zero-order chi connectivity index (χ0) is 15.2. The van der Waals surface area contributed by atoms with E-state index >= 15 is 0 Å². The Hall–Kier alpha value is -1.49. The van der Waals surface area contributed by atoms with Crippen molar-refractivity contribution in [2.45, 2.75) is 44.6 Å². The van der Waals surface area contributed by atoms with Gasteiger partial charge in [0, 0.05) is 12.6 Å². The van der Waals surface area contributed by atoms with E-state index in [0.29, 0.717) is 12.3 Å². The lowest BCUT2D eigenvalue weighted by Crippen LogP contribution is -2.42. The average Bonchev–Trinajstić information content (AvgIpc) is 2.50. The second-order valence-electron chi connectivity index (χ2n) is 5.59. The van der Waals surface area contributed by atoms with E-state index in [4.69, 9.17) is 5.11 Å². The third kappa shape index (κ3) is 4.00. The molecule has 5 heteroatoms. The molecule has 0 bridgehead atoms. The summed E-state index contributed by atoms with van der Waals surface area (Å²) in [6.07, 6.45) is 5.84. The number of aliphatic hydroxyl groups is 1. The fraction of sp³-hybridized carbons (Fsp3) is 0.562. The first kappa shape index (κ1) is 15.9. The molecule has 1 aromatic rings. The Morgan fingerprint density at radius 2 is 2.00 bits per heavy atom. The molecule has 2 N–H and O–H groups in total. The summed E-state index contributed by atoms with van der Waals surface area (Å²) in [5, 5.41) is 11.9. The Morgan fingerprint density at radius 1 is 1.29 bits per heavy atom. The third-order valence-electron chi connectivity index (χ3n) is 4.17. The Labute approximate surface area is 123 Å². The molecule has 1 aliphatic carbocycles. The van der Waals surface area contributed by atoms with Gasteiger partial charge in [0.1, 0.15) is 0 Å². The van der Waals surface area contributed by atoms with E-state index in [1.807, 2.05) is 0 Å². The molecule has 0 radical (unpaired) electrons. The number of benzene rings is 1. The van der Waals surface area contributed by atoms with E-state index in [9.17, 15) is 13.6 Å². The third-order valence-corrected chi connectivity index (χ3v) is 4.17. The highest BCUT2D eigenvalue weighted by atomic mass is 19.2. The second kappa shape index (κ2) is 7.50. The summed E-state index contributed by atoms with van der Waals surface area (Å²) in [6.45, 7) is -0.0346. The van der Waals surface area contributed by atoms with Crippen LogP contribution in [0.2, 0.25) is 0 Å². The van der Waals surface area contributed by atoms with Crippen LogP contribution < -0.4 is 5.32 Å². The molecule has 1 amide bonds. The molecule has 0 aromatic heterocycles. The summed E-state index contributed by atoms with van der Waals surface area (Å²) >= 11 is 0. The summed E-state index contributed by atoms with van der Waals surface area (Å²) in [5.41, 5.74) is -0.284. The summed E-state index contributed by atoms with van der Waals surface area (Å²) in [6, 6.07) is 3.38. The minimum absolute atomic E-state index is 0.0346. The van der Waals surface area contributed by atoms with Crippen molar-refractivity contribution < 1.29 is 18.7 Å². The molecule has 1 unspecified atom stereocenters. The van der Waals surface area contributed by atoms with Crippen LogP contribution in [0.4, 0.5) is 8.78 Å². The maximum atomic E-state index is 13.6. The van der Waals surface area contributed by atoms with Crippen molar-refractivity contribution >= 4 is 5.91 Å². The molecule has 0 saturated heterocycles. The number of amides is 1. The first-order valence-corrected chi connectivity index (χ1v) is 7.49. The SMILES string of the molecule is O=C(NC(CCO)C1CCCCC1)c1cccc(F)c1F. The number of carbonyl (C=O) groups excluding carboxylic acids is 1. The summed E-state index contributed by atoms with van der Waals surface area (Å²) < 4.78 is 26.8. The largest absolute Gasteiger partial charge is 0.396 e. The molecule has 1 fully saturated rings. The predicted molar refractivity (Wildman–Crippen MR) is 75.9 cm³/mol. The minimum atomic E-state index is -1.12. The van der Waals surface area contributed by atoms with Crippen molar-refractivity contribution in [2.75, 3.05) is 6.61 Å². The number of aliphatic hydroxyl groups excluding tert-OH is 1. The molecule has 1 atom stereocenters. The quantitative estimate of drug-likeness (QED) is 0.877. The van der Waals surface area contributed by atoms with Gasteiger partial charge in [-0.05, 0) is 37.3 Å². The van der Waals surface area contributed by atoms with Gasteiger partial charge in [-0.1, -0.05) is 25.3 Å². The van der Waals surface area contributed by atoms with Crippen LogP contribution in [-0.2, 0) is 0 Å². The van der Waals surface area contributed by atoms with E-state index < -0.39 is 17.5 Å². The predicted octanol–water partition coefficient (Wildman–Crippen LogP) is 3.03. The van der Waals surface area contributed by atoms with Gasteiger partial charge < -0.3 is 10.4 Å². The Balaban J connectivity index is 2.08. The van der Waals surface area contributed by atoms with E-state index in [0.717, 1.165) is 31.7 Å². The van der Waals surface area contributed by atoms with Crippen LogP contribution in [0.5, 0.6) is 0 Å². The number of nitrogens with one attached hydrogen (secondary N) is 1. The first-order chi connectivity index (χ1) is 10.1. The maximum Gasteiger partial charge on any atom is 0.254 e. The topological polar surface area (TPSA) is 49.3 Å². The van der Waals surface area contributed by atoms with Crippen LogP contribution in [0.15, 0.2) is 18.2 Å². The zero-order valence-corrected chi connectivity index (χ0v) is 11.9. The monoisotopic (exact) mass is 297 g/mol. The lowest BCUT2D eigenvalue weighted by molar-refractivity contribution is 0.0894. The van der Waals surface area contributed by atoms with Crippen LogP contribution in [0.3, 0.4) is 0 Å². The van der Waals surface area contributed by atoms with E-state index in [-0.39, 0.29) is 18.2 Å². The van der Waals surface area contributed by atoms with Gasteiger partial charge in [0.25, 0.3) is 5.91 Å². The normalized spacial score (nSPS) is 17.5. The smallest absolute Gasteiger partial charge is 0.254 e. The second-order valence-corrected chi connectivity index (χ2v) is 5.59. The van der Waals surface area contributed by atoms with E-state index in [1.165, 1.54) is 18.6 Å². The molecule has 116 valence electrons. The molecular formula is C16H21F2NO2. The molecule has 1 aliphatic rings. The Bertz CT molecular complexity index is 487. The lowest BCUT2D eigenvalue weighted by atomic mass is 9.82. The molecule has 0 spiro atoms. The van der Waals surface area contributed by atoms with Crippen molar-refractivity contribution in [1.29, 1.82) is 0 Å². The van der Waals surface area contributed by atoms with Gasteiger partial charge in [-0.25, -0.2) is 8.78 Å². The highest BCUT2D eigenvalue weighted by molar-refractivity contribution is 5.94. The molecule has 1 aromatic carbocycles. The average molecular weight is 297 g/mol. The van der Waals surface area contributed by atoms with Crippen LogP contribution in [0.1, 0.15) is 48.9 Å². The van der Waals surface area contributed by atoms with Gasteiger partial charge in [-0.3, -0.25) is 4.79 Å². The van der Waals surface area contributed by atoms with Crippen molar-refractivity contribution in [2.24, 2.45) is 5.92 Å². The van der Waals surface area contributed by atoms with E-state index in [2.05, 4.69) is 5.32 Å². The molecule has 3 nitrogen and oxygen atoms in total. The lowest BCUT2D eigenvalue weighted by Gasteiger charge is -2.30. The number of hydrogen-bond donors (Lipinski definition) is 2. The van der Waals surface area contributed by atoms with Crippen LogP contribution in [0, 0.1) is 17.6 Å². The standard InChI is InChI=1S/C16H21F2NO2/c17-13-8-4-7-12(15(13)18)16(21)19-14(9-10-20)11-5-2-1-3-6-11/h4,7-8,11,14,20H,1-3,5-6,9-10H2,(H,19,21). The zero-order valence-electron chi connectivity index (χ0n) is 11.9. The number of carbonyl (C=O) groups is 1. The van der Waals surface area contributed by atoms with Gasteiger partial charge in [0.05, 0.1) is 5.56 Å². The molecule has 2 rings (SSSR count). The molecule has 0 aliphatic heterocycles. The van der Waals surface area contributed by atoms with Crippen molar-refractivity contribution in [3.63, 3.8) is 0 Å². The first-order valence-electron chi connectivity index (χ1n) is 7.49. The maximum absolute atomic E-state index is 13.6. The van der Waals surface area contributed by atoms with E-state index in [1.54, 1.807) is 0 Å². The Morgan fingerprint density at radius 3 is 2.67 bits per heavy atom. The summed E-state index contributed by atoms with van der Waals surface area (Å²) in [4.78, 5) is 12.1. The van der Waals surface area contributed by atoms with Gasteiger partial charge in [0.2, 0.25) is 0 Å². The molecule has 21 heavy (non-hydrogen) atoms.